The zero-order chi connectivity index (χ0) is 38.8. The Kier molecular flexibility index (Phi) is 9.06. The molecule has 0 unspecified atom stereocenters. The summed E-state index contributed by atoms with van der Waals surface area (Å²) < 4.78 is 6.25. The normalized spacial score (nSPS) is 11.2. The van der Waals surface area contributed by atoms with Crippen LogP contribution in [0.25, 0.3) is 83.5 Å². The predicted octanol–water partition coefficient (Wildman–Crippen LogP) is 16.0. The average Bonchev–Trinajstić information content (AvgIpc) is 3.74. The number of hydrogen-bond acceptors (Lipinski definition) is 2. The molecule has 0 N–H and O–H groups in total. The molecule has 2 heteroatoms. The minimum absolute atomic E-state index is 0.843. The molecule has 0 bridgehead atoms. The molecule has 1 heterocycles. The quantitative estimate of drug-likeness (QED) is 0.146. The summed E-state index contributed by atoms with van der Waals surface area (Å²) in [7, 11) is 0. The second-order valence-electron chi connectivity index (χ2n) is 14.6. The molecule has 2 nitrogen and oxygen atoms in total. The average molecular weight is 742 g/mol. The van der Waals surface area contributed by atoms with Gasteiger partial charge in [0.1, 0.15) is 5.58 Å². The highest BCUT2D eigenvalue weighted by atomic mass is 16.3. The van der Waals surface area contributed by atoms with E-state index in [2.05, 4.69) is 218 Å². The van der Waals surface area contributed by atoms with Crippen molar-refractivity contribution in [2.45, 2.75) is 0 Å². The first kappa shape index (κ1) is 34.8. The first-order valence-corrected chi connectivity index (χ1v) is 19.7. The molecule has 1 aromatic heterocycles. The highest BCUT2D eigenvalue weighted by molar-refractivity contribution is 6.08. The summed E-state index contributed by atoms with van der Waals surface area (Å²) >= 11 is 0. The van der Waals surface area contributed by atoms with Gasteiger partial charge in [-0.25, -0.2) is 0 Å². The van der Waals surface area contributed by atoms with Crippen LogP contribution in [-0.4, -0.2) is 0 Å². The molecular weight excluding hydrogens is 703 g/mol. The SMILES string of the molecule is C=Cc1ccccc1-c1coc2cccc(-c3ccccc3N(c3ccc(-c4ccccc4)cc3)c3ccc(-c4cccc(-c5ccc6ccccc6c5)c4)cc3)c12. The standard InChI is InChI=1S/C56H39NO/c1-2-39-14-8-9-21-50(39)53-38-58-55-25-13-23-52(56(53)55)51-22-10-11-24-54(51)57(48-32-28-42(29-33-48)40-15-4-3-5-16-40)49-34-30-43(31-35-49)45-19-12-20-46(36-45)47-27-26-41-17-6-7-18-44(41)37-47/h2-38H,1H2. The van der Waals surface area contributed by atoms with E-state index in [1.807, 2.05) is 18.4 Å². The third-order valence-corrected chi connectivity index (χ3v) is 11.1. The Balaban J connectivity index is 1.09. The van der Waals surface area contributed by atoms with Crippen molar-refractivity contribution in [3.05, 3.63) is 231 Å². The Bertz CT molecular complexity index is 3060. The highest BCUT2D eigenvalue weighted by Gasteiger charge is 2.21. The minimum Gasteiger partial charge on any atom is -0.464 e. The monoisotopic (exact) mass is 741 g/mol. The van der Waals surface area contributed by atoms with Gasteiger partial charge in [0.2, 0.25) is 0 Å². The lowest BCUT2D eigenvalue weighted by atomic mass is 9.92. The predicted molar refractivity (Wildman–Crippen MR) is 246 cm³/mol. The van der Waals surface area contributed by atoms with Crippen LogP contribution in [0.5, 0.6) is 0 Å². The Hall–Kier alpha value is -7.68. The molecule has 0 amide bonds. The van der Waals surface area contributed by atoms with E-state index in [1.54, 1.807) is 0 Å². The Labute approximate surface area is 339 Å². The van der Waals surface area contributed by atoms with Crippen LogP contribution in [0.1, 0.15) is 5.56 Å². The van der Waals surface area contributed by atoms with Gasteiger partial charge in [0.05, 0.1) is 12.0 Å². The van der Waals surface area contributed by atoms with E-state index in [9.17, 15) is 0 Å². The second-order valence-corrected chi connectivity index (χ2v) is 14.6. The van der Waals surface area contributed by atoms with Crippen LogP contribution in [0.2, 0.25) is 0 Å². The van der Waals surface area contributed by atoms with Crippen LogP contribution in [0.15, 0.2) is 230 Å². The first-order chi connectivity index (χ1) is 28.7. The molecule has 0 saturated carbocycles. The molecule has 0 spiro atoms. The Morgan fingerprint density at radius 3 is 1.67 bits per heavy atom. The van der Waals surface area contributed by atoms with E-state index in [1.165, 1.54) is 38.6 Å². The molecular formula is C56H39NO. The van der Waals surface area contributed by atoms with Crippen LogP contribution in [0.3, 0.4) is 0 Å². The van der Waals surface area contributed by atoms with E-state index in [-0.39, 0.29) is 0 Å². The van der Waals surface area contributed by atoms with Gasteiger partial charge in [0, 0.05) is 27.9 Å². The lowest BCUT2D eigenvalue weighted by Crippen LogP contribution is -2.11. The minimum atomic E-state index is 0.843. The number of benzene rings is 9. The number of furan rings is 1. The van der Waals surface area contributed by atoms with Gasteiger partial charge in [-0.2, -0.15) is 0 Å². The first-order valence-electron chi connectivity index (χ1n) is 19.7. The molecule has 9 aromatic carbocycles. The van der Waals surface area contributed by atoms with E-state index in [4.69, 9.17) is 4.42 Å². The molecule has 0 aliphatic carbocycles. The van der Waals surface area contributed by atoms with Crippen molar-refractivity contribution in [2.75, 3.05) is 4.90 Å². The number of hydrogen-bond donors (Lipinski definition) is 0. The molecule has 0 aliphatic rings. The van der Waals surface area contributed by atoms with Crippen molar-refractivity contribution < 1.29 is 4.42 Å². The van der Waals surface area contributed by atoms with Gasteiger partial charge in [-0.3, -0.25) is 0 Å². The summed E-state index contributed by atoms with van der Waals surface area (Å²) in [5.41, 5.74) is 16.6. The molecule has 0 radical (unpaired) electrons. The fraction of sp³-hybridized carbons (Fsp3) is 0. The third kappa shape index (κ3) is 6.47. The summed E-state index contributed by atoms with van der Waals surface area (Å²) in [5, 5.41) is 3.57. The van der Waals surface area contributed by atoms with Gasteiger partial charge in [0.15, 0.2) is 0 Å². The van der Waals surface area contributed by atoms with Crippen LogP contribution in [-0.2, 0) is 0 Å². The van der Waals surface area contributed by atoms with Gasteiger partial charge in [-0.1, -0.05) is 176 Å². The van der Waals surface area contributed by atoms with Crippen molar-refractivity contribution in [1.82, 2.24) is 0 Å². The number of fused-ring (bicyclic) bond motifs is 2. The fourth-order valence-corrected chi connectivity index (χ4v) is 8.24. The zero-order valence-corrected chi connectivity index (χ0v) is 31.9. The van der Waals surface area contributed by atoms with Crippen LogP contribution in [0, 0.1) is 0 Å². The van der Waals surface area contributed by atoms with Gasteiger partial charge in [-0.15, -0.1) is 0 Å². The summed E-state index contributed by atoms with van der Waals surface area (Å²) in [5.74, 6) is 0. The molecule has 0 atom stereocenters. The fourth-order valence-electron chi connectivity index (χ4n) is 8.24. The lowest BCUT2D eigenvalue weighted by Gasteiger charge is -2.28. The van der Waals surface area contributed by atoms with E-state index in [0.717, 1.165) is 61.4 Å². The van der Waals surface area contributed by atoms with E-state index >= 15 is 0 Å². The summed E-state index contributed by atoms with van der Waals surface area (Å²) in [6, 6.07) is 75.9. The summed E-state index contributed by atoms with van der Waals surface area (Å²) in [6.07, 6.45) is 3.79. The molecule has 0 saturated heterocycles. The van der Waals surface area contributed by atoms with Crippen LogP contribution >= 0.6 is 0 Å². The lowest BCUT2D eigenvalue weighted by molar-refractivity contribution is 0.617. The molecule has 10 rings (SSSR count). The summed E-state index contributed by atoms with van der Waals surface area (Å²) in [6.45, 7) is 4.11. The topological polar surface area (TPSA) is 16.4 Å². The highest BCUT2D eigenvalue weighted by Crippen LogP contribution is 2.46. The Morgan fingerprint density at radius 2 is 0.914 bits per heavy atom. The van der Waals surface area contributed by atoms with Crippen molar-refractivity contribution >= 4 is 44.9 Å². The van der Waals surface area contributed by atoms with Gasteiger partial charge >= 0.3 is 0 Å². The largest absolute Gasteiger partial charge is 0.464 e. The van der Waals surface area contributed by atoms with Crippen LogP contribution < -0.4 is 4.90 Å². The molecule has 10 aromatic rings. The molecule has 274 valence electrons. The van der Waals surface area contributed by atoms with Crippen LogP contribution in [0.4, 0.5) is 17.1 Å². The van der Waals surface area contributed by atoms with E-state index in [0.29, 0.717) is 0 Å². The van der Waals surface area contributed by atoms with Gasteiger partial charge < -0.3 is 9.32 Å². The number of anilines is 3. The summed E-state index contributed by atoms with van der Waals surface area (Å²) in [4.78, 5) is 2.37. The van der Waals surface area contributed by atoms with Gasteiger partial charge in [-0.05, 0) is 109 Å². The van der Waals surface area contributed by atoms with Crippen molar-refractivity contribution in [2.24, 2.45) is 0 Å². The number of rotatable bonds is 9. The van der Waals surface area contributed by atoms with Crippen molar-refractivity contribution in [3.8, 4) is 55.6 Å². The molecule has 0 aliphatic heterocycles. The smallest absolute Gasteiger partial charge is 0.135 e. The second kappa shape index (κ2) is 15.1. The molecule has 58 heavy (non-hydrogen) atoms. The zero-order valence-electron chi connectivity index (χ0n) is 31.9. The van der Waals surface area contributed by atoms with E-state index < -0.39 is 0 Å². The number of nitrogens with zero attached hydrogens (tertiary/aromatic N) is 1. The maximum atomic E-state index is 6.25. The Morgan fingerprint density at radius 1 is 0.379 bits per heavy atom. The third-order valence-electron chi connectivity index (χ3n) is 11.1. The van der Waals surface area contributed by atoms with Crippen molar-refractivity contribution in [1.29, 1.82) is 0 Å². The van der Waals surface area contributed by atoms with Crippen molar-refractivity contribution in [3.63, 3.8) is 0 Å². The van der Waals surface area contributed by atoms with Gasteiger partial charge in [0.25, 0.3) is 0 Å². The molecule has 0 fully saturated rings. The maximum Gasteiger partial charge on any atom is 0.135 e. The number of para-hydroxylation sites is 1. The maximum absolute atomic E-state index is 6.25.